The summed E-state index contributed by atoms with van der Waals surface area (Å²) >= 11 is 18.2. The lowest BCUT2D eigenvalue weighted by atomic mass is 10.0. The van der Waals surface area contributed by atoms with E-state index >= 15 is 0 Å². The number of alkyl halides is 2. The molecule has 0 radical (unpaired) electrons. The molecule has 3 rings (SSSR count). The van der Waals surface area contributed by atoms with E-state index in [0.717, 1.165) is 11.3 Å². The molecule has 0 saturated carbocycles. The summed E-state index contributed by atoms with van der Waals surface area (Å²) in [5, 5.41) is 14.7. The standard InChI is InChI=1S/C27H32Cl3N3O4/c1-2-37-27(36)24-11-6-14-33(24)26(35)23(31-25(34)21-9-3-4-10-22(21)30)18-19-7-5-8-20(17-19)32(15-12-28)16-13-29/h3-5,7-11,17,23,26,35H,2,6,12-16,18H2,1H3,(H,31,34). The number of amides is 1. The number of anilines is 1. The normalized spacial score (nSPS) is 14.6. The first kappa shape index (κ1) is 29.1. The average molecular weight is 569 g/mol. The Morgan fingerprint density at radius 2 is 1.86 bits per heavy atom. The fourth-order valence-corrected chi connectivity index (χ4v) is 4.94. The summed E-state index contributed by atoms with van der Waals surface area (Å²) < 4.78 is 5.17. The molecule has 0 aromatic heterocycles. The molecule has 200 valence electrons. The third-order valence-corrected chi connectivity index (χ3v) is 6.72. The molecule has 2 unspecified atom stereocenters. The van der Waals surface area contributed by atoms with Crippen molar-refractivity contribution in [2.45, 2.75) is 32.0 Å². The number of carbonyl (C=O) groups excluding carboxylic acids is 2. The molecule has 1 aliphatic rings. The fourth-order valence-electron chi connectivity index (χ4n) is 4.31. The van der Waals surface area contributed by atoms with Crippen molar-refractivity contribution in [3.63, 3.8) is 0 Å². The van der Waals surface area contributed by atoms with Crippen LogP contribution in [0.2, 0.25) is 5.02 Å². The molecule has 1 heterocycles. The van der Waals surface area contributed by atoms with Crippen LogP contribution in [-0.4, -0.2) is 72.2 Å². The summed E-state index contributed by atoms with van der Waals surface area (Å²) in [4.78, 5) is 29.3. The first-order chi connectivity index (χ1) is 17.9. The van der Waals surface area contributed by atoms with E-state index in [2.05, 4.69) is 10.2 Å². The highest BCUT2D eigenvalue weighted by molar-refractivity contribution is 6.33. The number of carbonyl (C=O) groups is 2. The van der Waals surface area contributed by atoms with Crippen LogP contribution in [0, 0.1) is 0 Å². The molecular weight excluding hydrogens is 537 g/mol. The van der Waals surface area contributed by atoms with Gasteiger partial charge in [0, 0.05) is 37.1 Å². The Kier molecular flexibility index (Phi) is 11.4. The van der Waals surface area contributed by atoms with Gasteiger partial charge in [-0.1, -0.05) is 41.9 Å². The minimum Gasteiger partial charge on any atom is -0.461 e. The lowest BCUT2D eigenvalue weighted by Gasteiger charge is -2.34. The van der Waals surface area contributed by atoms with Crippen molar-refractivity contribution in [1.82, 2.24) is 10.2 Å². The number of benzene rings is 2. The molecule has 0 bridgehead atoms. The Morgan fingerprint density at radius 1 is 1.14 bits per heavy atom. The number of nitrogens with zero attached hydrogens (tertiary/aromatic N) is 2. The number of rotatable bonds is 13. The molecule has 0 spiro atoms. The number of hydrogen-bond acceptors (Lipinski definition) is 6. The van der Waals surface area contributed by atoms with E-state index in [1.54, 1.807) is 42.2 Å². The minimum absolute atomic E-state index is 0.223. The maximum Gasteiger partial charge on any atom is 0.354 e. The highest BCUT2D eigenvalue weighted by Crippen LogP contribution is 2.24. The molecule has 0 aliphatic carbocycles. The van der Waals surface area contributed by atoms with Crippen LogP contribution in [0.5, 0.6) is 0 Å². The van der Waals surface area contributed by atoms with Crippen LogP contribution >= 0.6 is 34.8 Å². The monoisotopic (exact) mass is 567 g/mol. The van der Waals surface area contributed by atoms with Crippen molar-refractivity contribution in [3.05, 3.63) is 76.5 Å². The van der Waals surface area contributed by atoms with Crippen LogP contribution in [0.3, 0.4) is 0 Å². The maximum atomic E-state index is 13.2. The number of esters is 1. The molecule has 0 saturated heterocycles. The summed E-state index contributed by atoms with van der Waals surface area (Å²) in [6.45, 7) is 3.64. The van der Waals surface area contributed by atoms with Crippen molar-refractivity contribution < 1.29 is 19.4 Å². The highest BCUT2D eigenvalue weighted by atomic mass is 35.5. The van der Waals surface area contributed by atoms with Gasteiger partial charge in [-0.15, -0.1) is 23.2 Å². The number of halogens is 3. The topological polar surface area (TPSA) is 82.1 Å². The quantitative estimate of drug-likeness (QED) is 0.275. The highest BCUT2D eigenvalue weighted by Gasteiger charge is 2.34. The second-order valence-electron chi connectivity index (χ2n) is 8.50. The van der Waals surface area contributed by atoms with Crippen LogP contribution in [0.4, 0.5) is 5.69 Å². The summed E-state index contributed by atoms with van der Waals surface area (Å²) in [5.74, 6) is -0.0182. The lowest BCUT2D eigenvalue weighted by molar-refractivity contribution is -0.142. The van der Waals surface area contributed by atoms with Crippen molar-refractivity contribution in [3.8, 4) is 0 Å². The fraction of sp³-hybridized carbons (Fsp3) is 0.407. The van der Waals surface area contributed by atoms with Gasteiger partial charge in [0.1, 0.15) is 11.9 Å². The number of ether oxygens (including phenoxy) is 1. The maximum absolute atomic E-state index is 13.2. The van der Waals surface area contributed by atoms with E-state index in [1.807, 2.05) is 24.3 Å². The smallest absolute Gasteiger partial charge is 0.354 e. The molecule has 2 aromatic carbocycles. The average Bonchev–Trinajstić information content (AvgIpc) is 3.38. The molecular formula is C27H32Cl3N3O4. The van der Waals surface area contributed by atoms with Crippen LogP contribution < -0.4 is 10.2 Å². The van der Waals surface area contributed by atoms with E-state index in [9.17, 15) is 14.7 Å². The second kappa shape index (κ2) is 14.5. The Hall–Kier alpha value is -2.45. The predicted molar refractivity (Wildman–Crippen MR) is 149 cm³/mol. The zero-order valence-corrected chi connectivity index (χ0v) is 23.0. The first-order valence-corrected chi connectivity index (χ1v) is 13.7. The summed E-state index contributed by atoms with van der Waals surface area (Å²) in [5.41, 5.74) is 2.41. The van der Waals surface area contributed by atoms with Gasteiger partial charge in [-0.3, -0.25) is 4.79 Å². The van der Waals surface area contributed by atoms with Crippen molar-refractivity contribution in [1.29, 1.82) is 0 Å². The van der Waals surface area contributed by atoms with E-state index < -0.39 is 24.1 Å². The number of nitrogens with one attached hydrogen (secondary N) is 1. The molecule has 2 aromatic rings. The second-order valence-corrected chi connectivity index (χ2v) is 9.67. The largest absolute Gasteiger partial charge is 0.461 e. The van der Waals surface area contributed by atoms with Gasteiger partial charge >= 0.3 is 5.97 Å². The third kappa shape index (κ3) is 7.77. The van der Waals surface area contributed by atoms with Gasteiger partial charge in [0.05, 0.1) is 23.2 Å². The van der Waals surface area contributed by atoms with Gasteiger partial charge in [0.2, 0.25) is 0 Å². The Labute approximate surface area is 232 Å². The van der Waals surface area contributed by atoms with Crippen molar-refractivity contribution >= 4 is 52.4 Å². The zero-order chi connectivity index (χ0) is 26.8. The SMILES string of the molecule is CCOC(=O)C1=CCCN1C(O)C(Cc1cccc(N(CCCl)CCCl)c1)NC(=O)c1ccccc1Cl. The Bertz CT molecular complexity index is 1090. The molecule has 1 aliphatic heterocycles. The Balaban J connectivity index is 1.89. The number of hydrogen-bond donors (Lipinski definition) is 2. The van der Waals surface area contributed by atoms with Crippen LogP contribution in [0.15, 0.2) is 60.3 Å². The number of aliphatic hydroxyl groups is 1. The van der Waals surface area contributed by atoms with Gasteiger partial charge in [-0.05, 0) is 49.6 Å². The molecule has 2 atom stereocenters. The Morgan fingerprint density at radius 3 is 2.54 bits per heavy atom. The first-order valence-electron chi connectivity index (χ1n) is 12.2. The van der Waals surface area contributed by atoms with Crippen molar-refractivity contribution in [2.75, 3.05) is 42.9 Å². The van der Waals surface area contributed by atoms with Gasteiger partial charge in [-0.2, -0.15) is 0 Å². The van der Waals surface area contributed by atoms with E-state index in [0.29, 0.717) is 54.8 Å². The lowest BCUT2D eigenvalue weighted by Crippen LogP contribution is -2.52. The van der Waals surface area contributed by atoms with Crippen LogP contribution in [-0.2, 0) is 16.0 Å². The summed E-state index contributed by atoms with van der Waals surface area (Å²) in [7, 11) is 0. The van der Waals surface area contributed by atoms with Crippen molar-refractivity contribution in [2.24, 2.45) is 0 Å². The summed E-state index contributed by atoms with van der Waals surface area (Å²) in [6.07, 6.45) is 1.44. The minimum atomic E-state index is -1.19. The molecule has 37 heavy (non-hydrogen) atoms. The van der Waals surface area contributed by atoms with Gasteiger partial charge < -0.3 is 25.0 Å². The van der Waals surface area contributed by atoms with Gasteiger partial charge in [0.25, 0.3) is 5.91 Å². The molecule has 1 amide bonds. The van der Waals surface area contributed by atoms with E-state index in [4.69, 9.17) is 39.5 Å². The molecule has 10 heteroatoms. The van der Waals surface area contributed by atoms with E-state index in [-0.39, 0.29) is 12.3 Å². The molecule has 0 fully saturated rings. The zero-order valence-electron chi connectivity index (χ0n) is 20.7. The molecule has 2 N–H and O–H groups in total. The third-order valence-electron chi connectivity index (χ3n) is 6.06. The van der Waals surface area contributed by atoms with Crippen LogP contribution in [0.1, 0.15) is 29.3 Å². The number of aliphatic hydroxyl groups excluding tert-OH is 1. The summed E-state index contributed by atoms with van der Waals surface area (Å²) in [6, 6.07) is 13.8. The van der Waals surface area contributed by atoms with Gasteiger partial charge in [0.15, 0.2) is 0 Å². The van der Waals surface area contributed by atoms with Gasteiger partial charge in [-0.25, -0.2) is 4.79 Å². The van der Waals surface area contributed by atoms with Crippen LogP contribution in [0.25, 0.3) is 0 Å². The predicted octanol–water partition coefficient (Wildman–Crippen LogP) is 4.44. The molecule has 7 nitrogen and oxygen atoms in total. The van der Waals surface area contributed by atoms with E-state index in [1.165, 1.54) is 0 Å².